The SMILES string of the molecule is CC(=O)Cc1ccnc2c1ccn2C. The zero-order valence-corrected chi connectivity index (χ0v) is 8.32. The molecule has 0 aliphatic heterocycles. The second kappa shape index (κ2) is 3.25. The van der Waals surface area contributed by atoms with E-state index in [-0.39, 0.29) is 5.78 Å². The predicted molar refractivity (Wildman–Crippen MR) is 55.1 cm³/mol. The van der Waals surface area contributed by atoms with E-state index in [0.29, 0.717) is 6.42 Å². The molecular weight excluding hydrogens is 176 g/mol. The van der Waals surface area contributed by atoms with Gasteiger partial charge in [-0.3, -0.25) is 4.79 Å². The second-order valence-corrected chi connectivity index (χ2v) is 3.51. The van der Waals surface area contributed by atoms with Crippen LogP contribution in [-0.2, 0) is 18.3 Å². The summed E-state index contributed by atoms with van der Waals surface area (Å²) in [5.74, 6) is 0.182. The van der Waals surface area contributed by atoms with E-state index in [0.717, 1.165) is 16.6 Å². The Morgan fingerprint density at radius 1 is 1.50 bits per heavy atom. The van der Waals surface area contributed by atoms with Crippen molar-refractivity contribution in [3.8, 4) is 0 Å². The first-order chi connectivity index (χ1) is 6.68. The van der Waals surface area contributed by atoms with Crippen molar-refractivity contribution < 1.29 is 4.79 Å². The Labute approximate surface area is 82.4 Å². The maximum absolute atomic E-state index is 11.0. The molecule has 2 heterocycles. The van der Waals surface area contributed by atoms with Crippen molar-refractivity contribution >= 4 is 16.8 Å². The number of aromatic nitrogens is 2. The van der Waals surface area contributed by atoms with Crippen LogP contribution < -0.4 is 0 Å². The van der Waals surface area contributed by atoms with Gasteiger partial charge in [0.25, 0.3) is 0 Å². The van der Waals surface area contributed by atoms with Crippen LogP contribution in [0.1, 0.15) is 12.5 Å². The van der Waals surface area contributed by atoms with Gasteiger partial charge in [0, 0.05) is 31.2 Å². The number of Topliss-reactive ketones (excluding diaryl/α,β-unsaturated/α-hetero) is 1. The van der Waals surface area contributed by atoms with E-state index >= 15 is 0 Å². The lowest BCUT2D eigenvalue weighted by atomic mass is 10.1. The molecule has 2 rings (SSSR count). The summed E-state index contributed by atoms with van der Waals surface area (Å²) < 4.78 is 1.96. The molecule has 0 aromatic carbocycles. The zero-order valence-electron chi connectivity index (χ0n) is 8.32. The van der Waals surface area contributed by atoms with Crippen molar-refractivity contribution in [2.75, 3.05) is 0 Å². The van der Waals surface area contributed by atoms with Gasteiger partial charge in [0.1, 0.15) is 11.4 Å². The Balaban J connectivity index is 2.59. The Hall–Kier alpha value is -1.64. The molecule has 0 aliphatic carbocycles. The van der Waals surface area contributed by atoms with Crippen LogP contribution in [0.15, 0.2) is 24.5 Å². The van der Waals surface area contributed by atoms with Gasteiger partial charge in [0.2, 0.25) is 0 Å². The van der Waals surface area contributed by atoms with Crippen LogP contribution in [0.25, 0.3) is 11.0 Å². The fraction of sp³-hybridized carbons (Fsp3) is 0.273. The third kappa shape index (κ3) is 1.41. The van der Waals surface area contributed by atoms with Crippen LogP contribution in [0.5, 0.6) is 0 Å². The zero-order chi connectivity index (χ0) is 10.1. The summed E-state index contributed by atoms with van der Waals surface area (Å²) in [5, 5.41) is 1.07. The normalized spacial score (nSPS) is 10.7. The van der Waals surface area contributed by atoms with Crippen molar-refractivity contribution in [3.05, 3.63) is 30.1 Å². The molecule has 14 heavy (non-hydrogen) atoms. The van der Waals surface area contributed by atoms with Crippen LogP contribution in [-0.4, -0.2) is 15.3 Å². The van der Waals surface area contributed by atoms with E-state index in [1.807, 2.05) is 29.9 Å². The van der Waals surface area contributed by atoms with E-state index < -0.39 is 0 Å². The molecule has 0 saturated heterocycles. The number of carbonyl (C=O) groups excluding carboxylic acids is 1. The predicted octanol–water partition coefficient (Wildman–Crippen LogP) is 1.70. The standard InChI is InChI=1S/C11H12N2O/c1-8(14)7-9-3-5-12-11-10(9)4-6-13(11)2/h3-6H,7H2,1-2H3. The number of rotatable bonds is 2. The third-order valence-corrected chi connectivity index (χ3v) is 2.30. The molecule has 2 aromatic heterocycles. The number of hydrogen-bond donors (Lipinski definition) is 0. The minimum absolute atomic E-state index is 0.182. The van der Waals surface area contributed by atoms with Gasteiger partial charge in [0.15, 0.2) is 0 Å². The molecule has 0 atom stereocenters. The molecule has 0 amide bonds. The molecule has 0 radical (unpaired) electrons. The van der Waals surface area contributed by atoms with E-state index in [1.165, 1.54) is 0 Å². The highest BCUT2D eigenvalue weighted by Crippen LogP contribution is 2.17. The van der Waals surface area contributed by atoms with Crippen molar-refractivity contribution in [1.82, 2.24) is 9.55 Å². The van der Waals surface area contributed by atoms with Crippen molar-refractivity contribution in [1.29, 1.82) is 0 Å². The van der Waals surface area contributed by atoms with Gasteiger partial charge in [0.05, 0.1) is 0 Å². The largest absolute Gasteiger partial charge is 0.336 e. The topological polar surface area (TPSA) is 34.9 Å². The summed E-state index contributed by atoms with van der Waals surface area (Å²) in [6.07, 6.45) is 4.20. The summed E-state index contributed by atoms with van der Waals surface area (Å²) in [5.41, 5.74) is 1.99. The van der Waals surface area contributed by atoms with Gasteiger partial charge >= 0.3 is 0 Å². The summed E-state index contributed by atoms with van der Waals surface area (Å²) in [4.78, 5) is 15.3. The van der Waals surface area contributed by atoms with Gasteiger partial charge < -0.3 is 4.57 Å². The Kier molecular flexibility index (Phi) is 2.08. The minimum Gasteiger partial charge on any atom is -0.336 e. The summed E-state index contributed by atoms with van der Waals surface area (Å²) >= 11 is 0. The van der Waals surface area contributed by atoms with Crippen LogP contribution in [0, 0.1) is 0 Å². The minimum atomic E-state index is 0.182. The lowest BCUT2D eigenvalue weighted by Gasteiger charge is -2.00. The molecule has 0 N–H and O–H groups in total. The van der Waals surface area contributed by atoms with E-state index in [9.17, 15) is 4.79 Å². The van der Waals surface area contributed by atoms with Crippen LogP contribution in [0.2, 0.25) is 0 Å². The maximum atomic E-state index is 11.0. The van der Waals surface area contributed by atoms with Crippen molar-refractivity contribution in [2.45, 2.75) is 13.3 Å². The Bertz CT molecular complexity index is 485. The molecule has 72 valence electrons. The van der Waals surface area contributed by atoms with Gasteiger partial charge in [-0.1, -0.05) is 0 Å². The number of carbonyl (C=O) groups is 1. The molecule has 0 unspecified atom stereocenters. The molecule has 0 saturated carbocycles. The number of fused-ring (bicyclic) bond motifs is 1. The molecule has 0 aliphatic rings. The Morgan fingerprint density at radius 2 is 2.29 bits per heavy atom. The number of hydrogen-bond acceptors (Lipinski definition) is 2. The molecule has 0 spiro atoms. The van der Waals surface area contributed by atoms with E-state index in [1.54, 1.807) is 13.1 Å². The van der Waals surface area contributed by atoms with Gasteiger partial charge in [-0.15, -0.1) is 0 Å². The Morgan fingerprint density at radius 3 is 3.00 bits per heavy atom. The number of nitrogens with zero attached hydrogens (tertiary/aromatic N) is 2. The fourth-order valence-electron chi connectivity index (χ4n) is 1.64. The molecule has 3 heteroatoms. The molecule has 3 nitrogen and oxygen atoms in total. The van der Waals surface area contributed by atoms with Crippen molar-refractivity contribution in [3.63, 3.8) is 0 Å². The van der Waals surface area contributed by atoms with Gasteiger partial charge in [-0.2, -0.15) is 0 Å². The summed E-state index contributed by atoms with van der Waals surface area (Å²) in [6, 6.07) is 3.91. The fourth-order valence-corrected chi connectivity index (χ4v) is 1.64. The van der Waals surface area contributed by atoms with Crippen molar-refractivity contribution in [2.24, 2.45) is 7.05 Å². The van der Waals surface area contributed by atoms with Gasteiger partial charge in [-0.05, 0) is 24.6 Å². The monoisotopic (exact) mass is 188 g/mol. The van der Waals surface area contributed by atoms with Crippen LogP contribution in [0.3, 0.4) is 0 Å². The van der Waals surface area contributed by atoms with E-state index in [2.05, 4.69) is 4.98 Å². The number of aryl methyl sites for hydroxylation is 1. The summed E-state index contributed by atoms with van der Waals surface area (Å²) in [6.45, 7) is 1.61. The number of ketones is 1. The second-order valence-electron chi connectivity index (χ2n) is 3.51. The molecular formula is C11H12N2O. The van der Waals surface area contributed by atoms with Gasteiger partial charge in [-0.25, -0.2) is 4.98 Å². The highest BCUT2D eigenvalue weighted by Gasteiger charge is 2.06. The molecule has 0 fully saturated rings. The van der Waals surface area contributed by atoms with Crippen LogP contribution in [0.4, 0.5) is 0 Å². The highest BCUT2D eigenvalue weighted by atomic mass is 16.1. The summed E-state index contributed by atoms with van der Waals surface area (Å²) in [7, 11) is 1.95. The maximum Gasteiger partial charge on any atom is 0.139 e. The smallest absolute Gasteiger partial charge is 0.139 e. The lowest BCUT2D eigenvalue weighted by molar-refractivity contribution is -0.116. The highest BCUT2D eigenvalue weighted by molar-refractivity contribution is 5.86. The average Bonchev–Trinajstić information content (AvgIpc) is 2.49. The first kappa shape index (κ1) is 8.94. The van der Waals surface area contributed by atoms with Crippen LogP contribution >= 0.6 is 0 Å². The lowest BCUT2D eigenvalue weighted by Crippen LogP contribution is -1.97. The quantitative estimate of drug-likeness (QED) is 0.719. The first-order valence-electron chi connectivity index (χ1n) is 4.57. The molecule has 2 aromatic rings. The molecule has 0 bridgehead atoms. The van der Waals surface area contributed by atoms with E-state index in [4.69, 9.17) is 0 Å². The number of pyridine rings is 1. The average molecular weight is 188 g/mol. The third-order valence-electron chi connectivity index (χ3n) is 2.30. The first-order valence-corrected chi connectivity index (χ1v) is 4.57.